The quantitative estimate of drug-likeness (QED) is 0.577. The summed E-state index contributed by atoms with van der Waals surface area (Å²) in [5.41, 5.74) is 0.466. The van der Waals surface area contributed by atoms with Crippen LogP contribution in [-0.4, -0.2) is 50.1 Å². The minimum absolute atomic E-state index is 0.0236. The average Bonchev–Trinajstić information content (AvgIpc) is 3.02. The van der Waals surface area contributed by atoms with E-state index in [-0.39, 0.29) is 17.5 Å². The van der Waals surface area contributed by atoms with Crippen molar-refractivity contribution in [2.75, 3.05) is 25.0 Å². The van der Waals surface area contributed by atoms with Crippen molar-refractivity contribution >= 4 is 17.3 Å². The lowest BCUT2D eigenvalue weighted by atomic mass is 9.96. The van der Waals surface area contributed by atoms with Gasteiger partial charge in [0.25, 0.3) is 5.69 Å². The molecule has 0 aliphatic carbocycles. The minimum atomic E-state index is -0.416. The maximum absolute atomic E-state index is 12.8. The Labute approximate surface area is 175 Å². The lowest BCUT2D eigenvalue weighted by molar-refractivity contribution is -0.384. The number of carbonyl (C=O) groups excluding carboxylic acids is 1. The summed E-state index contributed by atoms with van der Waals surface area (Å²) in [4.78, 5) is 25.4. The molecular weight excluding hydrogens is 384 g/mol. The number of aromatic nitrogens is 3. The number of fused-ring (bicyclic) bond motifs is 1. The SMILES string of the molecule is O=C(CCNc1ccccc1[N+](=O)[O-])N1CCCC(c2nnc3n2CCCCC3)C1. The van der Waals surface area contributed by atoms with Crippen molar-refractivity contribution in [2.24, 2.45) is 0 Å². The smallest absolute Gasteiger partial charge is 0.292 e. The zero-order valence-electron chi connectivity index (χ0n) is 17.1. The number of benzene rings is 1. The van der Waals surface area contributed by atoms with Gasteiger partial charge in [-0.1, -0.05) is 18.6 Å². The highest BCUT2D eigenvalue weighted by molar-refractivity contribution is 5.77. The van der Waals surface area contributed by atoms with E-state index in [2.05, 4.69) is 20.1 Å². The van der Waals surface area contributed by atoms with E-state index >= 15 is 0 Å². The highest BCUT2D eigenvalue weighted by Gasteiger charge is 2.29. The van der Waals surface area contributed by atoms with Crippen molar-refractivity contribution in [1.29, 1.82) is 0 Å². The first kappa shape index (κ1) is 20.3. The van der Waals surface area contributed by atoms with Crippen molar-refractivity contribution in [3.8, 4) is 0 Å². The normalized spacial score (nSPS) is 19.1. The molecule has 0 saturated carbocycles. The van der Waals surface area contributed by atoms with E-state index in [1.54, 1.807) is 18.2 Å². The van der Waals surface area contributed by atoms with Gasteiger partial charge >= 0.3 is 0 Å². The van der Waals surface area contributed by atoms with Crippen LogP contribution in [0.1, 0.15) is 56.1 Å². The maximum Gasteiger partial charge on any atom is 0.292 e. The number of piperidine rings is 1. The van der Waals surface area contributed by atoms with Gasteiger partial charge in [0.05, 0.1) is 4.92 Å². The molecule has 1 atom stereocenters. The molecule has 1 saturated heterocycles. The molecule has 9 nitrogen and oxygen atoms in total. The van der Waals surface area contributed by atoms with E-state index in [1.165, 1.54) is 18.9 Å². The van der Waals surface area contributed by atoms with Crippen molar-refractivity contribution in [2.45, 2.75) is 57.4 Å². The van der Waals surface area contributed by atoms with Crippen molar-refractivity contribution in [1.82, 2.24) is 19.7 Å². The van der Waals surface area contributed by atoms with E-state index in [0.717, 1.165) is 50.4 Å². The van der Waals surface area contributed by atoms with Crippen molar-refractivity contribution in [3.05, 3.63) is 46.0 Å². The van der Waals surface area contributed by atoms with Gasteiger partial charge in [-0.25, -0.2) is 0 Å². The molecule has 3 heterocycles. The number of hydrogen-bond acceptors (Lipinski definition) is 6. The standard InChI is InChI=1S/C21H28N6O3/c28-20(11-12-22-17-8-3-4-9-18(17)27(29)30)25-13-6-7-16(15-25)21-24-23-19-10-2-1-5-14-26(19)21/h3-4,8-9,16,22H,1-2,5-7,10-15H2. The molecule has 160 valence electrons. The van der Waals surface area contributed by atoms with Crippen LogP contribution in [0.25, 0.3) is 0 Å². The number of aryl methyl sites for hydroxylation is 1. The van der Waals surface area contributed by atoms with Crippen LogP contribution in [0.3, 0.4) is 0 Å². The molecule has 0 radical (unpaired) electrons. The van der Waals surface area contributed by atoms with Crippen molar-refractivity contribution in [3.63, 3.8) is 0 Å². The Kier molecular flexibility index (Phi) is 6.25. The van der Waals surface area contributed by atoms with E-state index < -0.39 is 4.92 Å². The molecule has 0 spiro atoms. The summed E-state index contributed by atoms with van der Waals surface area (Å²) < 4.78 is 2.28. The second-order valence-corrected chi connectivity index (χ2v) is 8.07. The monoisotopic (exact) mass is 412 g/mol. The number of likely N-dealkylation sites (tertiary alicyclic amines) is 1. The number of hydrogen-bond donors (Lipinski definition) is 1. The number of nitrogens with zero attached hydrogens (tertiary/aromatic N) is 5. The number of nitro groups is 1. The van der Waals surface area contributed by atoms with Gasteiger partial charge in [0.2, 0.25) is 5.91 Å². The molecule has 2 aliphatic rings. The first-order valence-electron chi connectivity index (χ1n) is 10.8. The Hall–Kier alpha value is -2.97. The summed E-state index contributed by atoms with van der Waals surface area (Å²) in [6.07, 6.45) is 6.82. The third kappa shape index (κ3) is 4.44. The third-order valence-electron chi connectivity index (χ3n) is 6.03. The number of nitrogens with one attached hydrogen (secondary N) is 1. The highest BCUT2D eigenvalue weighted by Crippen LogP contribution is 2.28. The molecule has 4 rings (SSSR count). The molecule has 30 heavy (non-hydrogen) atoms. The molecule has 9 heteroatoms. The predicted octanol–water partition coefficient (Wildman–Crippen LogP) is 3.12. The zero-order chi connectivity index (χ0) is 20.9. The van der Waals surface area contributed by atoms with Gasteiger partial charge in [-0.15, -0.1) is 10.2 Å². The van der Waals surface area contributed by atoms with Crippen LogP contribution in [0.15, 0.2) is 24.3 Å². The number of rotatable bonds is 6. The highest BCUT2D eigenvalue weighted by atomic mass is 16.6. The number of anilines is 1. The second kappa shape index (κ2) is 9.23. The van der Waals surface area contributed by atoms with Gasteiger partial charge < -0.3 is 14.8 Å². The van der Waals surface area contributed by atoms with E-state index in [1.807, 2.05) is 4.90 Å². The maximum atomic E-state index is 12.8. The Bertz CT molecular complexity index is 912. The molecule has 1 aromatic carbocycles. The van der Waals surface area contributed by atoms with E-state index in [4.69, 9.17) is 0 Å². The van der Waals surface area contributed by atoms with Crippen LogP contribution in [0, 0.1) is 10.1 Å². The van der Waals surface area contributed by atoms with Crippen LogP contribution >= 0.6 is 0 Å². The molecule has 1 amide bonds. The Morgan fingerprint density at radius 1 is 1.17 bits per heavy atom. The lowest BCUT2D eigenvalue weighted by Crippen LogP contribution is -2.40. The van der Waals surface area contributed by atoms with Crippen LogP contribution in [0.4, 0.5) is 11.4 Å². The summed E-state index contributed by atoms with van der Waals surface area (Å²) in [6.45, 7) is 2.76. The van der Waals surface area contributed by atoms with Gasteiger partial charge in [0.1, 0.15) is 17.3 Å². The van der Waals surface area contributed by atoms with Gasteiger partial charge in [-0.2, -0.15) is 0 Å². The van der Waals surface area contributed by atoms with Crippen molar-refractivity contribution < 1.29 is 9.72 Å². The number of para-hydroxylation sites is 2. The molecule has 0 bridgehead atoms. The van der Waals surface area contributed by atoms with Crippen LogP contribution in [0.2, 0.25) is 0 Å². The third-order valence-corrected chi connectivity index (χ3v) is 6.03. The summed E-state index contributed by atoms with van der Waals surface area (Å²) in [5.74, 6) is 2.41. The zero-order valence-corrected chi connectivity index (χ0v) is 17.1. The average molecular weight is 412 g/mol. The molecule has 1 fully saturated rings. The van der Waals surface area contributed by atoms with E-state index in [0.29, 0.717) is 25.2 Å². The Balaban J connectivity index is 1.34. The molecule has 2 aliphatic heterocycles. The Morgan fingerprint density at radius 3 is 2.90 bits per heavy atom. The summed E-state index contributed by atoms with van der Waals surface area (Å²) in [5, 5.41) is 23.0. The summed E-state index contributed by atoms with van der Waals surface area (Å²) >= 11 is 0. The minimum Gasteiger partial charge on any atom is -0.379 e. The summed E-state index contributed by atoms with van der Waals surface area (Å²) in [7, 11) is 0. The Morgan fingerprint density at radius 2 is 2.03 bits per heavy atom. The fourth-order valence-electron chi connectivity index (χ4n) is 4.47. The fraction of sp³-hybridized carbons (Fsp3) is 0.571. The van der Waals surface area contributed by atoms with Gasteiger partial charge in [-0.05, 0) is 31.7 Å². The van der Waals surface area contributed by atoms with Gasteiger partial charge in [-0.3, -0.25) is 14.9 Å². The second-order valence-electron chi connectivity index (χ2n) is 8.07. The first-order chi connectivity index (χ1) is 14.6. The lowest BCUT2D eigenvalue weighted by Gasteiger charge is -2.32. The molecule has 2 aromatic rings. The molecule has 1 unspecified atom stereocenters. The van der Waals surface area contributed by atoms with Crippen LogP contribution in [0.5, 0.6) is 0 Å². The van der Waals surface area contributed by atoms with Crippen LogP contribution in [-0.2, 0) is 17.8 Å². The van der Waals surface area contributed by atoms with Crippen LogP contribution < -0.4 is 5.32 Å². The molecule has 1 aromatic heterocycles. The largest absolute Gasteiger partial charge is 0.379 e. The molecule has 1 N–H and O–H groups in total. The molecular formula is C21H28N6O3. The van der Waals surface area contributed by atoms with Gasteiger partial charge in [0, 0.05) is 51.0 Å². The fourth-order valence-corrected chi connectivity index (χ4v) is 4.47. The van der Waals surface area contributed by atoms with E-state index in [9.17, 15) is 14.9 Å². The predicted molar refractivity (Wildman–Crippen MR) is 112 cm³/mol. The first-order valence-corrected chi connectivity index (χ1v) is 10.8. The topological polar surface area (TPSA) is 106 Å². The summed E-state index contributed by atoms with van der Waals surface area (Å²) in [6, 6.07) is 6.50. The number of amides is 1. The number of carbonyl (C=O) groups is 1. The number of nitro benzene ring substituents is 1. The van der Waals surface area contributed by atoms with Gasteiger partial charge in [0.15, 0.2) is 0 Å².